The number of aromatic nitrogens is 1. The fraction of sp³-hybridized carbons (Fsp3) is 0.333. The third-order valence-corrected chi connectivity index (χ3v) is 3.38. The number of hydrogen-bond donors (Lipinski definition) is 1. The highest BCUT2D eigenvalue weighted by atomic mass is 79.9. The highest BCUT2D eigenvalue weighted by molar-refractivity contribution is 9.10. The molecule has 0 radical (unpaired) electrons. The number of thioether (sulfide) groups is 1. The first-order valence-electron chi connectivity index (χ1n) is 4.17. The van der Waals surface area contributed by atoms with Crippen LogP contribution in [0.15, 0.2) is 21.6 Å². The van der Waals surface area contributed by atoms with Crippen LogP contribution in [0.1, 0.15) is 19.0 Å². The standard InChI is InChI=1S/C9H10BrNOS2/c1-2-5-14-6-3-4-7(10)11-8(6)9(12)13/h3-4H,2,5H2,1H3,(H,12,13). The van der Waals surface area contributed by atoms with Crippen molar-refractivity contribution in [3.05, 3.63) is 22.4 Å². The number of rotatable bonds is 4. The van der Waals surface area contributed by atoms with Crippen molar-refractivity contribution in [2.24, 2.45) is 0 Å². The fourth-order valence-corrected chi connectivity index (χ4v) is 2.30. The van der Waals surface area contributed by atoms with Crippen molar-refractivity contribution >= 4 is 45.0 Å². The van der Waals surface area contributed by atoms with Crippen molar-refractivity contribution in [1.29, 1.82) is 0 Å². The molecule has 0 spiro atoms. The van der Waals surface area contributed by atoms with Crippen molar-refractivity contribution in [3.8, 4) is 0 Å². The van der Waals surface area contributed by atoms with Gasteiger partial charge >= 0.3 is 0 Å². The number of nitrogens with zero attached hydrogens (tertiary/aromatic N) is 1. The Morgan fingerprint density at radius 1 is 1.64 bits per heavy atom. The summed E-state index contributed by atoms with van der Waals surface area (Å²) in [5.74, 6) is 0.999. The van der Waals surface area contributed by atoms with Crippen molar-refractivity contribution in [1.82, 2.24) is 4.98 Å². The van der Waals surface area contributed by atoms with E-state index in [1.807, 2.05) is 12.1 Å². The molecule has 14 heavy (non-hydrogen) atoms. The normalized spacial score (nSPS) is 10.1. The van der Waals surface area contributed by atoms with E-state index in [1.54, 1.807) is 11.8 Å². The highest BCUT2D eigenvalue weighted by Gasteiger charge is 2.09. The number of pyridine rings is 1. The van der Waals surface area contributed by atoms with Gasteiger partial charge in [0.05, 0.1) is 0 Å². The van der Waals surface area contributed by atoms with Gasteiger partial charge in [0.2, 0.25) is 5.05 Å². The first-order chi connectivity index (χ1) is 6.65. The summed E-state index contributed by atoms with van der Waals surface area (Å²) in [5.41, 5.74) is 0.493. The number of aliphatic hydroxyl groups is 1. The van der Waals surface area contributed by atoms with Crippen LogP contribution in [0.5, 0.6) is 0 Å². The third-order valence-electron chi connectivity index (χ3n) is 1.49. The third kappa shape index (κ3) is 3.22. The van der Waals surface area contributed by atoms with Gasteiger partial charge in [-0.15, -0.1) is 11.8 Å². The van der Waals surface area contributed by atoms with E-state index in [1.165, 1.54) is 0 Å². The minimum atomic E-state index is -0.148. The molecule has 1 rings (SSSR count). The van der Waals surface area contributed by atoms with Crippen LogP contribution in [-0.2, 0) is 0 Å². The Labute approximate surface area is 101 Å². The smallest absolute Gasteiger partial charge is 0.208 e. The molecular formula is C9H10BrNOS2. The minimum absolute atomic E-state index is 0.148. The van der Waals surface area contributed by atoms with Gasteiger partial charge < -0.3 is 5.11 Å². The molecule has 1 heterocycles. The molecule has 0 aliphatic heterocycles. The van der Waals surface area contributed by atoms with Gasteiger partial charge in [-0.25, -0.2) is 4.98 Å². The first kappa shape index (κ1) is 11.9. The van der Waals surface area contributed by atoms with Gasteiger partial charge in [-0.3, -0.25) is 0 Å². The summed E-state index contributed by atoms with van der Waals surface area (Å²) in [6, 6.07) is 3.76. The Bertz CT molecular complexity index is 344. The van der Waals surface area contributed by atoms with Crippen LogP contribution in [0, 0.1) is 0 Å². The molecule has 0 bridgehead atoms. The summed E-state index contributed by atoms with van der Waals surface area (Å²) in [6.45, 7) is 2.11. The molecule has 76 valence electrons. The van der Waals surface area contributed by atoms with Crippen LogP contribution in [0.3, 0.4) is 0 Å². The maximum Gasteiger partial charge on any atom is 0.208 e. The molecule has 0 fully saturated rings. The van der Waals surface area contributed by atoms with Crippen molar-refractivity contribution in [3.63, 3.8) is 0 Å². The average Bonchev–Trinajstić information content (AvgIpc) is 2.15. The van der Waals surface area contributed by atoms with E-state index in [0.29, 0.717) is 10.3 Å². The molecule has 0 aromatic carbocycles. The molecule has 0 saturated carbocycles. The van der Waals surface area contributed by atoms with Gasteiger partial charge in [-0.1, -0.05) is 6.92 Å². The largest absolute Gasteiger partial charge is 0.497 e. The van der Waals surface area contributed by atoms with E-state index in [4.69, 9.17) is 12.2 Å². The van der Waals surface area contributed by atoms with Crippen LogP contribution in [0.4, 0.5) is 0 Å². The molecule has 0 atom stereocenters. The van der Waals surface area contributed by atoms with Gasteiger partial charge in [0, 0.05) is 4.90 Å². The molecule has 0 aliphatic carbocycles. The van der Waals surface area contributed by atoms with Crippen LogP contribution in [-0.4, -0.2) is 20.9 Å². The van der Waals surface area contributed by atoms with Gasteiger partial charge in [-0.2, -0.15) is 0 Å². The van der Waals surface area contributed by atoms with Crippen molar-refractivity contribution in [2.75, 3.05) is 5.75 Å². The minimum Gasteiger partial charge on any atom is -0.497 e. The van der Waals surface area contributed by atoms with Crippen molar-refractivity contribution < 1.29 is 5.11 Å². The number of aliphatic hydroxyl groups excluding tert-OH is 1. The zero-order chi connectivity index (χ0) is 10.6. The van der Waals surface area contributed by atoms with Gasteiger partial charge in [0.15, 0.2) is 0 Å². The van der Waals surface area contributed by atoms with Gasteiger partial charge in [0.1, 0.15) is 10.3 Å². The van der Waals surface area contributed by atoms with Crippen LogP contribution >= 0.6 is 39.9 Å². The lowest BCUT2D eigenvalue weighted by atomic mass is 10.4. The Balaban J connectivity index is 2.96. The lowest BCUT2D eigenvalue weighted by Gasteiger charge is -2.05. The van der Waals surface area contributed by atoms with E-state index in [2.05, 4.69) is 27.8 Å². The monoisotopic (exact) mass is 291 g/mol. The van der Waals surface area contributed by atoms with Crippen LogP contribution < -0.4 is 0 Å². The highest BCUT2D eigenvalue weighted by Crippen LogP contribution is 2.24. The molecule has 0 unspecified atom stereocenters. The summed E-state index contributed by atoms with van der Waals surface area (Å²) >= 11 is 9.61. The molecule has 2 nitrogen and oxygen atoms in total. The Morgan fingerprint density at radius 2 is 2.36 bits per heavy atom. The lowest BCUT2D eigenvalue weighted by molar-refractivity contribution is 0.566. The predicted molar refractivity (Wildman–Crippen MR) is 67.3 cm³/mol. The Morgan fingerprint density at radius 3 is 2.93 bits per heavy atom. The Hall–Kier alpha value is -0.130. The zero-order valence-electron chi connectivity index (χ0n) is 7.66. The second-order valence-corrected chi connectivity index (χ2v) is 4.97. The topological polar surface area (TPSA) is 33.1 Å². The maximum absolute atomic E-state index is 9.26. The molecule has 0 aliphatic rings. The van der Waals surface area contributed by atoms with E-state index in [9.17, 15) is 5.11 Å². The van der Waals surface area contributed by atoms with Gasteiger partial charge in [-0.05, 0) is 52.5 Å². The molecule has 0 amide bonds. The van der Waals surface area contributed by atoms with E-state index >= 15 is 0 Å². The van der Waals surface area contributed by atoms with Crippen LogP contribution in [0.25, 0.3) is 0 Å². The number of thiocarbonyl (C=S) groups is 1. The van der Waals surface area contributed by atoms with E-state index in [0.717, 1.165) is 17.1 Å². The SMILES string of the molecule is CCCSc1ccc(Br)nc1C(O)=S. The van der Waals surface area contributed by atoms with E-state index in [-0.39, 0.29) is 5.05 Å². The molecular weight excluding hydrogens is 282 g/mol. The lowest BCUT2D eigenvalue weighted by Crippen LogP contribution is -2.01. The predicted octanol–water partition coefficient (Wildman–Crippen LogP) is 3.58. The van der Waals surface area contributed by atoms with Crippen molar-refractivity contribution in [2.45, 2.75) is 18.2 Å². The summed E-state index contributed by atoms with van der Waals surface area (Å²) in [5, 5.41) is 9.11. The number of hydrogen-bond acceptors (Lipinski definition) is 3. The zero-order valence-corrected chi connectivity index (χ0v) is 10.9. The molecule has 1 aromatic heterocycles. The second-order valence-electron chi connectivity index (χ2n) is 2.63. The molecule has 0 saturated heterocycles. The molecule has 5 heteroatoms. The average molecular weight is 292 g/mol. The summed E-state index contributed by atoms with van der Waals surface area (Å²) < 4.78 is 0.685. The van der Waals surface area contributed by atoms with E-state index < -0.39 is 0 Å². The quantitative estimate of drug-likeness (QED) is 0.522. The Kier molecular flexibility index (Phi) is 4.84. The molecule has 1 aromatic rings. The summed E-state index contributed by atoms with van der Waals surface area (Å²) in [4.78, 5) is 5.06. The summed E-state index contributed by atoms with van der Waals surface area (Å²) in [7, 11) is 0. The second kappa shape index (κ2) is 5.68. The van der Waals surface area contributed by atoms with Gasteiger partial charge in [0.25, 0.3) is 0 Å². The molecule has 1 N–H and O–H groups in total. The van der Waals surface area contributed by atoms with Crippen LogP contribution in [0.2, 0.25) is 0 Å². The first-order valence-corrected chi connectivity index (χ1v) is 6.36. The summed E-state index contributed by atoms with van der Waals surface area (Å²) in [6.07, 6.45) is 1.08. The fourth-order valence-electron chi connectivity index (χ4n) is 0.904. The maximum atomic E-state index is 9.26. The number of halogens is 1.